The van der Waals surface area contributed by atoms with E-state index < -0.39 is 0 Å². The molecule has 2 rings (SSSR count). The molecule has 0 aliphatic heterocycles. The zero-order valence-electron chi connectivity index (χ0n) is 13.2. The average molecular weight is 367 g/mol. The summed E-state index contributed by atoms with van der Waals surface area (Å²) in [5.74, 6) is -0.192. The number of nitrogens with one attached hydrogen (secondary N) is 2. The molecule has 0 aromatic heterocycles. The Kier molecular flexibility index (Phi) is 6.06. The van der Waals surface area contributed by atoms with Gasteiger partial charge in [0.15, 0.2) is 6.61 Å². The standard InChI is InChI=1S/C17H16Cl2N2O3/c1-10-7-11(17(23)20-2)3-6-14(10)21-16(22)9-24-15-8-12(18)4-5-13(15)19/h3-8H,9H2,1-2H3,(H,20,23)(H,21,22). The first-order chi connectivity index (χ1) is 11.4. The summed E-state index contributed by atoms with van der Waals surface area (Å²) in [5, 5.41) is 6.12. The first-order valence-corrected chi connectivity index (χ1v) is 7.86. The highest BCUT2D eigenvalue weighted by Crippen LogP contribution is 2.27. The molecular formula is C17H16Cl2N2O3. The second-order valence-corrected chi connectivity index (χ2v) is 5.86. The van der Waals surface area contributed by atoms with Gasteiger partial charge in [0, 0.05) is 29.4 Å². The molecule has 2 N–H and O–H groups in total. The Morgan fingerprint density at radius 3 is 2.54 bits per heavy atom. The highest BCUT2D eigenvalue weighted by atomic mass is 35.5. The van der Waals surface area contributed by atoms with Gasteiger partial charge in [-0.2, -0.15) is 0 Å². The van der Waals surface area contributed by atoms with Gasteiger partial charge in [-0.25, -0.2) is 0 Å². The number of hydrogen-bond acceptors (Lipinski definition) is 3. The summed E-state index contributed by atoms with van der Waals surface area (Å²) in [6.07, 6.45) is 0. The fraction of sp³-hybridized carbons (Fsp3) is 0.176. The Hall–Kier alpha value is -2.24. The van der Waals surface area contributed by atoms with Crippen molar-refractivity contribution in [1.82, 2.24) is 5.32 Å². The number of aryl methyl sites for hydroxylation is 1. The molecule has 0 aliphatic carbocycles. The molecule has 5 nitrogen and oxygen atoms in total. The van der Waals surface area contributed by atoms with Gasteiger partial charge in [-0.15, -0.1) is 0 Å². The van der Waals surface area contributed by atoms with Crippen molar-refractivity contribution in [3.63, 3.8) is 0 Å². The molecule has 2 aromatic rings. The van der Waals surface area contributed by atoms with Gasteiger partial charge in [-0.3, -0.25) is 9.59 Å². The van der Waals surface area contributed by atoms with Crippen LogP contribution in [0.4, 0.5) is 5.69 Å². The molecule has 24 heavy (non-hydrogen) atoms. The molecule has 7 heteroatoms. The van der Waals surface area contributed by atoms with Crippen LogP contribution in [0.3, 0.4) is 0 Å². The predicted octanol–water partition coefficient (Wildman–Crippen LogP) is 3.68. The molecule has 2 amide bonds. The fourth-order valence-electron chi connectivity index (χ4n) is 2.01. The lowest BCUT2D eigenvalue weighted by molar-refractivity contribution is -0.118. The highest BCUT2D eigenvalue weighted by Gasteiger charge is 2.10. The van der Waals surface area contributed by atoms with Crippen molar-refractivity contribution in [1.29, 1.82) is 0 Å². The number of rotatable bonds is 5. The summed E-state index contributed by atoms with van der Waals surface area (Å²) in [5.41, 5.74) is 1.90. The molecule has 0 heterocycles. The van der Waals surface area contributed by atoms with E-state index in [0.717, 1.165) is 5.56 Å². The highest BCUT2D eigenvalue weighted by molar-refractivity contribution is 6.34. The van der Waals surface area contributed by atoms with Crippen LogP contribution in [-0.2, 0) is 4.79 Å². The Bertz CT molecular complexity index is 778. The fourth-order valence-corrected chi connectivity index (χ4v) is 2.34. The number of amides is 2. The van der Waals surface area contributed by atoms with Crippen LogP contribution in [0.15, 0.2) is 36.4 Å². The Morgan fingerprint density at radius 2 is 1.88 bits per heavy atom. The Labute approximate surface area is 149 Å². The van der Waals surface area contributed by atoms with Crippen LogP contribution in [0, 0.1) is 6.92 Å². The summed E-state index contributed by atoms with van der Waals surface area (Å²) in [4.78, 5) is 23.6. The van der Waals surface area contributed by atoms with Crippen molar-refractivity contribution >= 4 is 40.7 Å². The molecule has 0 atom stereocenters. The number of carbonyl (C=O) groups excluding carboxylic acids is 2. The zero-order valence-corrected chi connectivity index (χ0v) is 14.7. The summed E-state index contributed by atoms with van der Waals surface area (Å²) < 4.78 is 5.38. The zero-order chi connectivity index (χ0) is 17.7. The minimum absolute atomic E-state index is 0.185. The van der Waals surface area contributed by atoms with Crippen molar-refractivity contribution in [2.75, 3.05) is 19.0 Å². The van der Waals surface area contributed by atoms with Gasteiger partial charge < -0.3 is 15.4 Å². The van der Waals surface area contributed by atoms with E-state index >= 15 is 0 Å². The first kappa shape index (κ1) is 18.1. The van der Waals surface area contributed by atoms with Gasteiger partial charge in [0.1, 0.15) is 5.75 Å². The van der Waals surface area contributed by atoms with Gasteiger partial charge in [0.05, 0.1) is 5.02 Å². The lowest BCUT2D eigenvalue weighted by atomic mass is 10.1. The second-order valence-electron chi connectivity index (χ2n) is 5.02. The van der Waals surface area contributed by atoms with Crippen LogP contribution < -0.4 is 15.4 Å². The molecule has 0 radical (unpaired) electrons. The normalized spacial score (nSPS) is 10.2. The third-order valence-corrected chi connectivity index (χ3v) is 3.79. The van der Waals surface area contributed by atoms with E-state index in [4.69, 9.17) is 27.9 Å². The van der Waals surface area contributed by atoms with E-state index in [2.05, 4.69) is 10.6 Å². The molecule has 0 unspecified atom stereocenters. The first-order valence-electron chi connectivity index (χ1n) is 7.11. The average Bonchev–Trinajstić information content (AvgIpc) is 2.56. The van der Waals surface area contributed by atoms with Crippen LogP contribution in [0.5, 0.6) is 5.75 Å². The minimum Gasteiger partial charge on any atom is -0.482 e. The number of halogens is 2. The minimum atomic E-state index is -0.346. The summed E-state index contributed by atoms with van der Waals surface area (Å²) in [6.45, 7) is 1.59. The van der Waals surface area contributed by atoms with Gasteiger partial charge >= 0.3 is 0 Å². The molecule has 2 aromatic carbocycles. The third kappa shape index (κ3) is 4.63. The quantitative estimate of drug-likeness (QED) is 0.847. The van der Waals surface area contributed by atoms with E-state index in [1.807, 2.05) is 0 Å². The van der Waals surface area contributed by atoms with Crippen LogP contribution in [0.2, 0.25) is 10.0 Å². The van der Waals surface area contributed by atoms with Gasteiger partial charge in [-0.1, -0.05) is 23.2 Å². The van der Waals surface area contributed by atoms with E-state index in [1.165, 1.54) is 0 Å². The monoisotopic (exact) mass is 366 g/mol. The summed E-state index contributed by atoms with van der Waals surface area (Å²) >= 11 is 11.8. The summed E-state index contributed by atoms with van der Waals surface area (Å²) in [6, 6.07) is 9.77. The smallest absolute Gasteiger partial charge is 0.262 e. The maximum atomic E-state index is 12.0. The molecule has 0 saturated heterocycles. The molecule has 0 fully saturated rings. The largest absolute Gasteiger partial charge is 0.482 e. The van der Waals surface area contributed by atoms with Crippen molar-refractivity contribution in [3.05, 3.63) is 57.6 Å². The van der Waals surface area contributed by atoms with Gasteiger partial charge in [0.25, 0.3) is 11.8 Å². The van der Waals surface area contributed by atoms with Crippen molar-refractivity contribution in [2.24, 2.45) is 0 Å². The van der Waals surface area contributed by atoms with Crippen molar-refractivity contribution < 1.29 is 14.3 Å². The number of hydrogen-bond donors (Lipinski definition) is 2. The molecule has 0 spiro atoms. The predicted molar refractivity (Wildman–Crippen MR) is 95.2 cm³/mol. The maximum Gasteiger partial charge on any atom is 0.262 e. The number of ether oxygens (including phenoxy) is 1. The SMILES string of the molecule is CNC(=O)c1ccc(NC(=O)COc2cc(Cl)ccc2Cl)c(C)c1. The molecule has 126 valence electrons. The maximum absolute atomic E-state index is 12.0. The number of benzene rings is 2. The van der Waals surface area contributed by atoms with Crippen LogP contribution in [0.25, 0.3) is 0 Å². The van der Waals surface area contributed by atoms with E-state index in [-0.39, 0.29) is 18.4 Å². The van der Waals surface area contributed by atoms with E-state index in [1.54, 1.807) is 50.4 Å². The van der Waals surface area contributed by atoms with E-state index in [9.17, 15) is 9.59 Å². The van der Waals surface area contributed by atoms with Gasteiger partial charge in [0.2, 0.25) is 0 Å². The molecular weight excluding hydrogens is 351 g/mol. The van der Waals surface area contributed by atoms with Crippen LogP contribution >= 0.6 is 23.2 Å². The number of anilines is 1. The van der Waals surface area contributed by atoms with Crippen molar-refractivity contribution in [2.45, 2.75) is 6.92 Å². The van der Waals surface area contributed by atoms with Gasteiger partial charge in [-0.05, 0) is 42.8 Å². The molecule has 0 saturated carbocycles. The van der Waals surface area contributed by atoms with Crippen LogP contribution in [-0.4, -0.2) is 25.5 Å². The lowest BCUT2D eigenvalue weighted by Gasteiger charge is -2.11. The molecule has 0 aliphatic rings. The number of carbonyl (C=O) groups is 2. The third-order valence-electron chi connectivity index (χ3n) is 3.24. The Balaban J connectivity index is 1.99. The van der Waals surface area contributed by atoms with E-state index in [0.29, 0.717) is 27.0 Å². The van der Waals surface area contributed by atoms with Crippen LogP contribution in [0.1, 0.15) is 15.9 Å². The summed E-state index contributed by atoms with van der Waals surface area (Å²) in [7, 11) is 1.56. The Morgan fingerprint density at radius 1 is 1.12 bits per heavy atom. The topological polar surface area (TPSA) is 67.4 Å². The lowest BCUT2D eigenvalue weighted by Crippen LogP contribution is -2.21. The van der Waals surface area contributed by atoms with Crippen molar-refractivity contribution in [3.8, 4) is 5.75 Å². The molecule has 0 bridgehead atoms. The second kappa shape index (κ2) is 8.04.